The fraction of sp³-hybridized carbons (Fsp3) is 0.438. The number of sulfonamides is 1. The Hall–Kier alpha value is -1.86. The molecule has 1 aromatic carbocycles. The van der Waals surface area contributed by atoms with Crippen molar-refractivity contribution in [2.45, 2.75) is 32.2 Å². The molecule has 0 atom stereocenters. The SMILES string of the molecule is COc1ccc(CN(C)S(=O)(=O)c2c(C)nn(C)c2C)cc1C. The van der Waals surface area contributed by atoms with Crippen LogP contribution in [0.15, 0.2) is 23.1 Å². The lowest BCUT2D eigenvalue weighted by atomic mass is 10.1. The molecule has 1 aromatic heterocycles. The number of rotatable bonds is 5. The number of hydrogen-bond acceptors (Lipinski definition) is 4. The van der Waals surface area contributed by atoms with Gasteiger partial charge in [-0.1, -0.05) is 12.1 Å². The van der Waals surface area contributed by atoms with Crippen LogP contribution in [-0.2, 0) is 23.6 Å². The van der Waals surface area contributed by atoms with Crippen molar-refractivity contribution < 1.29 is 13.2 Å². The number of nitrogens with zero attached hydrogens (tertiary/aromatic N) is 3. The summed E-state index contributed by atoms with van der Waals surface area (Å²) in [7, 11) is 1.36. The molecule has 0 aliphatic heterocycles. The molecule has 2 aromatic rings. The molecule has 0 radical (unpaired) electrons. The van der Waals surface area contributed by atoms with Crippen LogP contribution in [0.3, 0.4) is 0 Å². The predicted octanol–water partition coefficient (Wildman–Crippen LogP) is 2.17. The molecule has 0 N–H and O–H groups in total. The second-order valence-corrected chi connectivity index (χ2v) is 7.67. The first kappa shape index (κ1) is 17.5. The van der Waals surface area contributed by atoms with Crippen LogP contribution in [-0.4, -0.2) is 36.7 Å². The molecule has 0 saturated carbocycles. The van der Waals surface area contributed by atoms with E-state index < -0.39 is 10.0 Å². The molecular weight excluding hydrogens is 314 g/mol. The average molecular weight is 337 g/mol. The highest BCUT2D eigenvalue weighted by Crippen LogP contribution is 2.25. The van der Waals surface area contributed by atoms with Crippen molar-refractivity contribution in [1.82, 2.24) is 14.1 Å². The second-order valence-electron chi connectivity index (χ2n) is 5.69. The Labute approximate surface area is 137 Å². The van der Waals surface area contributed by atoms with Crippen molar-refractivity contribution in [1.29, 1.82) is 0 Å². The molecule has 1 heterocycles. The van der Waals surface area contributed by atoms with E-state index in [2.05, 4.69) is 5.10 Å². The summed E-state index contributed by atoms with van der Waals surface area (Å²) in [6, 6.07) is 5.67. The van der Waals surface area contributed by atoms with Gasteiger partial charge in [0.15, 0.2) is 0 Å². The van der Waals surface area contributed by atoms with Crippen LogP contribution in [0.4, 0.5) is 0 Å². The first-order chi connectivity index (χ1) is 10.7. The van der Waals surface area contributed by atoms with Crippen LogP contribution in [0, 0.1) is 20.8 Å². The fourth-order valence-corrected chi connectivity index (χ4v) is 4.21. The van der Waals surface area contributed by atoms with E-state index in [-0.39, 0.29) is 4.90 Å². The molecule has 0 aliphatic rings. The monoisotopic (exact) mass is 337 g/mol. The van der Waals surface area contributed by atoms with E-state index in [1.807, 2.05) is 25.1 Å². The lowest BCUT2D eigenvalue weighted by Crippen LogP contribution is -2.27. The van der Waals surface area contributed by atoms with Gasteiger partial charge in [0, 0.05) is 20.6 Å². The van der Waals surface area contributed by atoms with Gasteiger partial charge in [0.1, 0.15) is 10.6 Å². The van der Waals surface area contributed by atoms with E-state index in [4.69, 9.17) is 4.74 Å². The topological polar surface area (TPSA) is 64.4 Å². The lowest BCUT2D eigenvalue weighted by Gasteiger charge is -2.18. The van der Waals surface area contributed by atoms with Crippen molar-refractivity contribution >= 4 is 10.0 Å². The summed E-state index contributed by atoms with van der Waals surface area (Å²) in [6.07, 6.45) is 0. The van der Waals surface area contributed by atoms with Gasteiger partial charge in [-0.2, -0.15) is 9.40 Å². The van der Waals surface area contributed by atoms with Gasteiger partial charge in [-0.15, -0.1) is 0 Å². The summed E-state index contributed by atoms with van der Waals surface area (Å²) < 4.78 is 33.9. The van der Waals surface area contributed by atoms with Crippen LogP contribution in [0.5, 0.6) is 5.75 Å². The van der Waals surface area contributed by atoms with Gasteiger partial charge < -0.3 is 4.74 Å². The van der Waals surface area contributed by atoms with Crippen LogP contribution < -0.4 is 4.74 Å². The first-order valence-electron chi connectivity index (χ1n) is 7.28. The molecular formula is C16H23N3O3S. The molecule has 0 amide bonds. The minimum atomic E-state index is -3.59. The van der Waals surface area contributed by atoms with Crippen molar-refractivity contribution in [3.63, 3.8) is 0 Å². The van der Waals surface area contributed by atoms with E-state index in [0.29, 0.717) is 17.9 Å². The molecule has 0 saturated heterocycles. The standard InChI is InChI=1S/C16H23N3O3S/c1-11-9-14(7-8-15(11)22-6)10-18(4)23(20,21)16-12(2)17-19(5)13(16)3/h7-9H,10H2,1-6H3. The summed E-state index contributed by atoms with van der Waals surface area (Å²) in [5.74, 6) is 0.790. The molecule has 126 valence electrons. The molecule has 23 heavy (non-hydrogen) atoms. The second kappa shape index (κ2) is 6.33. The molecule has 0 unspecified atom stereocenters. The zero-order chi connectivity index (χ0) is 17.4. The van der Waals surface area contributed by atoms with Gasteiger partial charge in [-0.05, 0) is 38.0 Å². The van der Waals surface area contributed by atoms with Gasteiger partial charge >= 0.3 is 0 Å². The number of aromatic nitrogens is 2. The van der Waals surface area contributed by atoms with Crippen LogP contribution >= 0.6 is 0 Å². The minimum absolute atomic E-state index is 0.285. The zero-order valence-corrected chi connectivity index (χ0v) is 15.2. The zero-order valence-electron chi connectivity index (χ0n) is 14.4. The Morgan fingerprint density at radius 1 is 1.26 bits per heavy atom. The molecule has 0 bridgehead atoms. The van der Waals surface area contributed by atoms with Crippen LogP contribution in [0.25, 0.3) is 0 Å². The smallest absolute Gasteiger partial charge is 0.246 e. The van der Waals surface area contributed by atoms with E-state index in [1.165, 1.54) is 4.31 Å². The lowest BCUT2D eigenvalue weighted by molar-refractivity contribution is 0.411. The summed E-state index contributed by atoms with van der Waals surface area (Å²) >= 11 is 0. The number of aryl methyl sites for hydroxylation is 3. The normalized spacial score (nSPS) is 12.0. The Bertz CT molecular complexity index is 825. The summed E-state index contributed by atoms with van der Waals surface area (Å²) in [5.41, 5.74) is 3.04. The fourth-order valence-electron chi connectivity index (χ4n) is 2.66. The molecule has 7 heteroatoms. The molecule has 6 nitrogen and oxygen atoms in total. The maximum atomic E-state index is 12.8. The maximum absolute atomic E-state index is 12.8. The van der Waals surface area contributed by atoms with Crippen molar-refractivity contribution in [3.8, 4) is 5.75 Å². The van der Waals surface area contributed by atoms with E-state index >= 15 is 0 Å². The quantitative estimate of drug-likeness (QED) is 0.839. The third-order valence-corrected chi connectivity index (χ3v) is 6.03. The third-order valence-electron chi connectivity index (χ3n) is 3.98. The Balaban J connectivity index is 2.32. The minimum Gasteiger partial charge on any atom is -0.496 e. The van der Waals surface area contributed by atoms with Gasteiger partial charge in [0.05, 0.1) is 18.5 Å². The number of hydrogen-bond donors (Lipinski definition) is 0. The van der Waals surface area contributed by atoms with Crippen molar-refractivity contribution in [2.75, 3.05) is 14.2 Å². The average Bonchev–Trinajstić information content (AvgIpc) is 2.72. The molecule has 2 rings (SSSR count). The van der Waals surface area contributed by atoms with Crippen molar-refractivity contribution in [3.05, 3.63) is 40.7 Å². The summed E-state index contributed by atoms with van der Waals surface area (Å²) in [6.45, 7) is 5.71. The van der Waals surface area contributed by atoms with Crippen molar-refractivity contribution in [2.24, 2.45) is 7.05 Å². The largest absolute Gasteiger partial charge is 0.496 e. The first-order valence-corrected chi connectivity index (χ1v) is 8.72. The summed E-state index contributed by atoms with van der Waals surface area (Å²) in [5, 5.41) is 4.20. The highest BCUT2D eigenvalue weighted by Gasteiger charge is 2.28. The van der Waals surface area contributed by atoms with E-state index in [0.717, 1.165) is 16.9 Å². The summed E-state index contributed by atoms with van der Waals surface area (Å²) in [4.78, 5) is 0.285. The van der Waals surface area contributed by atoms with Crippen LogP contribution in [0.1, 0.15) is 22.5 Å². The Kier molecular flexibility index (Phi) is 4.81. The maximum Gasteiger partial charge on any atom is 0.246 e. The molecule has 0 fully saturated rings. The Morgan fingerprint density at radius 2 is 1.91 bits per heavy atom. The van der Waals surface area contributed by atoms with Crippen LogP contribution in [0.2, 0.25) is 0 Å². The number of methoxy groups -OCH3 is 1. The molecule has 0 aliphatic carbocycles. The van der Waals surface area contributed by atoms with Gasteiger partial charge in [-0.3, -0.25) is 4.68 Å². The van der Waals surface area contributed by atoms with E-state index in [9.17, 15) is 8.42 Å². The van der Waals surface area contributed by atoms with Gasteiger partial charge in [0.25, 0.3) is 0 Å². The highest BCUT2D eigenvalue weighted by atomic mass is 32.2. The predicted molar refractivity (Wildman–Crippen MR) is 89.1 cm³/mol. The number of ether oxygens (including phenoxy) is 1. The van der Waals surface area contributed by atoms with Gasteiger partial charge in [-0.25, -0.2) is 8.42 Å². The number of benzene rings is 1. The molecule has 0 spiro atoms. The Morgan fingerprint density at radius 3 is 2.39 bits per heavy atom. The van der Waals surface area contributed by atoms with E-state index in [1.54, 1.807) is 39.7 Å². The highest BCUT2D eigenvalue weighted by molar-refractivity contribution is 7.89. The van der Waals surface area contributed by atoms with Gasteiger partial charge in [0.2, 0.25) is 10.0 Å². The third kappa shape index (κ3) is 3.25.